The van der Waals surface area contributed by atoms with Crippen LogP contribution in [0.15, 0.2) is 59.5 Å². The number of benzene rings is 2. The van der Waals surface area contributed by atoms with E-state index < -0.39 is 34.9 Å². The highest BCUT2D eigenvalue weighted by molar-refractivity contribution is 7.88. The molecule has 0 atom stereocenters. The molecular formula is C27H22F5N7O4S. The van der Waals surface area contributed by atoms with Gasteiger partial charge in [-0.1, -0.05) is 6.07 Å². The first-order valence-corrected chi connectivity index (χ1v) is 14.8. The maximum absolute atomic E-state index is 14.0. The Morgan fingerprint density at radius 3 is 2.45 bits per heavy atom. The van der Waals surface area contributed by atoms with Gasteiger partial charge in [0.1, 0.15) is 29.5 Å². The van der Waals surface area contributed by atoms with Gasteiger partial charge >= 0.3 is 12.8 Å². The zero-order valence-corrected chi connectivity index (χ0v) is 23.5. The summed E-state index contributed by atoms with van der Waals surface area (Å²) in [5.74, 6) is 0.144. The Balaban J connectivity index is 1.49. The first-order valence-electron chi connectivity index (χ1n) is 13.0. The summed E-state index contributed by atoms with van der Waals surface area (Å²) >= 11 is 0. The molecule has 1 N–H and O–H groups in total. The monoisotopic (exact) mass is 635 g/mol. The standard InChI is InChI=1S/C27H22F5N7O4S/c1-44(41,42)37-8-9-38-21-10-15(2-7-19(21)35-23(38)13-37)18-11-20-24(36-22(12-33-20)34-14-27(30,31)32)39(25(18)40)16-3-5-17(6-4-16)43-26(28)29/h2-7,10-12,26H,8-9,13-14H2,1H3,(H,34,36). The van der Waals surface area contributed by atoms with Gasteiger partial charge in [-0.2, -0.15) is 26.3 Å². The van der Waals surface area contributed by atoms with Crippen molar-refractivity contribution in [2.75, 3.05) is 24.7 Å². The molecule has 5 aromatic rings. The van der Waals surface area contributed by atoms with E-state index in [9.17, 15) is 35.2 Å². The molecule has 0 radical (unpaired) electrons. The number of rotatable bonds is 7. The van der Waals surface area contributed by atoms with Crippen LogP contribution in [0, 0.1) is 0 Å². The number of nitrogens with zero attached hydrogens (tertiary/aromatic N) is 6. The van der Waals surface area contributed by atoms with Crippen LogP contribution >= 0.6 is 0 Å². The normalized spacial score (nSPS) is 14.3. The maximum atomic E-state index is 14.0. The van der Waals surface area contributed by atoms with E-state index >= 15 is 0 Å². The molecule has 1 aliphatic rings. The SMILES string of the molecule is CS(=O)(=O)N1CCn2c(nc3ccc(-c4cc5ncc(NCC(F)(F)F)nc5n(-c5ccc(OC(F)F)cc5)c4=O)cc32)C1. The van der Waals surface area contributed by atoms with Gasteiger partial charge in [-0.05, 0) is 48.0 Å². The molecule has 0 fully saturated rings. The molecule has 0 saturated heterocycles. The summed E-state index contributed by atoms with van der Waals surface area (Å²) in [6.07, 6.45) is -2.29. The molecule has 0 bridgehead atoms. The van der Waals surface area contributed by atoms with E-state index in [4.69, 9.17) is 0 Å². The fraction of sp³-hybridized carbons (Fsp3) is 0.259. The van der Waals surface area contributed by atoms with Gasteiger partial charge in [0.2, 0.25) is 10.0 Å². The molecule has 1 aliphatic heterocycles. The van der Waals surface area contributed by atoms with Crippen molar-refractivity contribution in [1.82, 2.24) is 28.4 Å². The number of hydrogen-bond acceptors (Lipinski definition) is 8. The molecule has 4 heterocycles. The van der Waals surface area contributed by atoms with E-state index in [1.165, 1.54) is 34.6 Å². The third-order valence-corrected chi connectivity index (χ3v) is 8.25. The zero-order valence-electron chi connectivity index (χ0n) is 22.7. The van der Waals surface area contributed by atoms with Crippen molar-refractivity contribution in [3.8, 4) is 22.6 Å². The Labute approximate surface area is 245 Å². The summed E-state index contributed by atoms with van der Waals surface area (Å²) in [5.41, 5.74) is 1.56. The van der Waals surface area contributed by atoms with Crippen molar-refractivity contribution < 1.29 is 35.1 Å². The molecule has 230 valence electrons. The smallest absolute Gasteiger partial charge is 0.405 e. The van der Waals surface area contributed by atoms with Gasteiger partial charge in [0.05, 0.1) is 35.7 Å². The van der Waals surface area contributed by atoms with Crippen LogP contribution in [0.3, 0.4) is 0 Å². The largest absolute Gasteiger partial charge is 0.435 e. The van der Waals surface area contributed by atoms with Gasteiger partial charge in [-0.15, -0.1) is 0 Å². The average Bonchev–Trinajstić information content (AvgIpc) is 3.32. The molecule has 0 spiro atoms. The summed E-state index contributed by atoms with van der Waals surface area (Å²) in [6, 6.07) is 11.7. The number of alkyl halides is 5. The van der Waals surface area contributed by atoms with Crippen LogP contribution in [0.4, 0.5) is 27.8 Å². The van der Waals surface area contributed by atoms with E-state index in [1.54, 1.807) is 18.2 Å². The summed E-state index contributed by atoms with van der Waals surface area (Å²) < 4.78 is 96.7. The molecule has 11 nitrogen and oxygen atoms in total. The topological polar surface area (TPSA) is 124 Å². The number of nitrogens with one attached hydrogen (secondary N) is 1. The molecule has 2 aromatic carbocycles. The van der Waals surface area contributed by atoms with Crippen molar-refractivity contribution >= 4 is 38.0 Å². The second kappa shape index (κ2) is 10.8. The van der Waals surface area contributed by atoms with Gasteiger partial charge in [0.25, 0.3) is 5.56 Å². The van der Waals surface area contributed by atoms with Crippen molar-refractivity contribution in [3.05, 3.63) is 70.9 Å². The molecule has 44 heavy (non-hydrogen) atoms. The van der Waals surface area contributed by atoms with E-state index in [1.807, 2.05) is 4.57 Å². The molecule has 0 unspecified atom stereocenters. The third kappa shape index (κ3) is 5.79. The van der Waals surface area contributed by atoms with Gasteiger partial charge in [0, 0.05) is 18.7 Å². The first-order chi connectivity index (χ1) is 20.8. The summed E-state index contributed by atoms with van der Waals surface area (Å²) in [7, 11) is -3.42. The number of pyridine rings is 1. The average molecular weight is 636 g/mol. The minimum atomic E-state index is -4.53. The van der Waals surface area contributed by atoms with Gasteiger partial charge in [0.15, 0.2) is 5.65 Å². The molecule has 0 aliphatic carbocycles. The van der Waals surface area contributed by atoms with E-state index in [0.29, 0.717) is 29.0 Å². The van der Waals surface area contributed by atoms with Crippen LogP contribution in [-0.4, -0.2) is 68.9 Å². The number of anilines is 1. The minimum Gasteiger partial charge on any atom is -0.435 e. The van der Waals surface area contributed by atoms with Crippen molar-refractivity contribution in [2.45, 2.75) is 25.9 Å². The molecule has 17 heteroatoms. The van der Waals surface area contributed by atoms with Gasteiger partial charge in [-0.3, -0.25) is 9.36 Å². The Hall–Kier alpha value is -4.64. The fourth-order valence-electron chi connectivity index (χ4n) is 5.01. The highest BCUT2D eigenvalue weighted by atomic mass is 32.2. The summed E-state index contributed by atoms with van der Waals surface area (Å²) in [6.45, 7) is -3.77. The van der Waals surface area contributed by atoms with Crippen LogP contribution in [0.25, 0.3) is 39.0 Å². The van der Waals surface area contributed by atoms with Crippen LogP contribution < -0.4 is 15.6 Å². The number of fused-ring (bicyclic) bond motifs is 4. The van der Waals surface area contributed by atoms with Gasteiger partial charge < -0.3 is 14.6 Å². The van der Waals surface area contributed by atoms with Gasteiger partial charge in [-0.25, -0.2) is 23.4 Å². The number of imidazole rings is 1. The van der Waals surface area contributed by atoms with E-state index in [-0.39, 0.29) is 47.1 Å². The quantitative estimate of drug-likeness (QED) is 0.265. The molecule has 3 aromatic heterocycles. The Morgan fingerprint density at radius 2 is 1.77 bits per heavy atom. The number of sulfonamides is 1. The Kier molecular flexibility index (Phi) is 7.23. The lowest BCUT2D eigenvalue weighted by molar-refractivity contribution is -0.115. The third-order valence-electron chi connectivity index (χ3n) is 7.00. The van der Waals surface area contributed by atoms with Crippen molar-refractivity contribution in [2.24, 2.45) is 0 Å². The second-order valence-corrected chi connectivity index (χ2v) is 12.0. The van der Waals surface area contributed by atoms with Crippen LogP contribution in [0.5, 0.6) is 5.75 Å². The van der Waals surface area contributed by atoms with Crippen LogP contribution in [0.1, 0.15) is 5.82 Å². The van der Waals surface area contributed by atoms with Crippen LogP contribution in [0.2, 0.25) is 0 Å². The summed E-state index contributed by atoms with van der Waals surface area (Å²) in [4.78, 5) is 27.1. The highest BCUT2D eigenvalue weighted by Crippen LogP contribution is 2.29. The predicted octanol–water partition coefficient (Wildman–Crippen LogP) is 4.15. The number of aromatic nitrogens is 5. The van der Waals surface area contributed by atoms with Crippen LogP contribution in [-0.2, 0) is 23.1 Å². The van der Waals surface area contributed by atoms with Crippen molar-refractivity contribution in [3.63, 3.8) is 0 Å². The fourth-order valence-corrected chi connectivity index (χ4v) is 5.77. The lowest BCUT2D eigenvalue weighted by Crippen LogP contribution is -2.37. The molecule has 6 rings (SSSR count). The van der Waals surface area contributed by atoms with E-state index in [2.05, 4.69) is 25.0 Å². The number of hydrogen-bond donors (Lipinski definition) is 1. The highest BCUT2D eigenvalue weighted by Gasteiger charge is 2.28. The Morgan fingerprint density at radius 1 is 1.02 bits per heavy atom. The second-order valence-electron chi connectivity index (χ2n) is 9.98. The summed E-state index contributed by atoms with van der Waals surface area (Å²) in [5, 5.41) is 2.14. The van der Waals surface area contributed by atoms with Crippen molar-refractivity contribution in [1.29, 1.82) is 0 Å². The number of ether oxygens (including phenoxy) is 1. The lowest BCUT2D eigenvalue weighted by atomic mass is 10.1. The number of halogens is 5. The lowest BCUT2D eigenvalue weighted by Gasteiger charge is -2.25. The predicted molar refractivity (Wildman–Crippen MR) is 150 cm³/mol. The molecule has 0 saturated carbocycles. The van der Waals surface area contributed by atoms with E-state index in [0.717, 1.165) is 17.0 Å². The first kappa shape index (κ1) is 29.4. The maximum Gasteiger partial charge on any atom is 0.405 e. The zero-order chi connectivity index (χ0) is 31.4. The molecular weight excluding hydrogens is 613 g/mol. The minimum absolute atomic E-state index is 0.0721. The molecule has 0 amide bonds. The Bertz CT molecular complexity index is 2060.